The Kier molecular flexibility index (Phi) is 4.32. The van der Waals surface area contributed by atoms with Crippen molar-refractivity contribution in [2.24, 2.45) is 0 Å². The summed E-state index contributed by atoms with van der Waals surface area (Å²) in [7, 11) is 0. The molecule has 0 fully saturated rings. The second kappa shape index (κ2) is 5.97. The molecule has 0 bridgehead atoms. The van der Waals surface area contributed by atoms with Crippen molar-refractivity contribution in [3.05, 3.63) is 63.9 Å². The van der Waals surface area contributed by atoms with E-state index in [2.05, 4.69) is 15.9 Å². The molecule has 2 aromatic carbocycles. The van der Waals surface area contributed by atoms with Crippen molar-refractivity contribution < 1.29 is 13.9 Å². The monoisotopic (exact) mass is 322 g/mol. The summed E-state index contributed by atoms with van der Waals surface area (Å²) in [4.78, 5) is 11.1. The Bertz CT molecular complexity index is 594. The first-order valence-corrected chi connectivity index (χ1v) is 6.53. The van der Waals surface area contributed by atoms with E-state index in [1.807, 2.05) is 0 Å². The zero-order chi connectivity index (χ0) is 13.8. The first-order chi connectivity index (χ1) is 9.06. The largest absolute Gasteiger partial charge is 0.489 e. The van der Waals surface area contributed by atoms with Crippen LogP contribution in [0, 0.1) is 5.82 Å². The third-order valence-electron chi connectivity index (χ3n) is 2.67. The Morgan fingerprint density at radius 2 is 1.89 bits per heavy atom. The van der Waals surface area contributed by atoms with E-state index in [4.69, 9.17) is 4.74 Å². The van der Waals surface area contributed by atoms with Gasteiger partial charge >= 0.3 is 0 Å². The summed E-state index contributed by atoms with van der Waals surface area (Å²) in [6.45, 7) is 1.66. The van der Waals surface area contributed by atoms with Gasteiger partial charge in [-0.15, -0.1) is 0 Å². The van der Waals surface area contributed by atoms with E-state index in [9.17, 15) is 9.18 Å². The quantitative estimate of drug-likeness (QED) is 0.781. The number of hydrogen-bond acceptors (Lipinski definition) is 2. The van der Waals surface area contributed by atoms with Crippen LogP contribution in [-0.4, -0.2) is 5.78 Å². The molecule has 2 nitrogen and oxygen atoms in total. The summed E-state index contributed by atoms with van der Waals surface area (Å²) in [6, 6.07) is 11.6. The lowest BCUT2D eigenvalue weighted by Crippen LogP contribution is -1.99. The number of carbonyl (C=O) groups is 1. The lowest BCUT2D eigenvalue weighted by Gasteiger charge is -2.07. The minimum atomic E-state index is -0.310. The molecule has 4 heteroatoms. The zero-order valence-corrected chi connectivity index (χ0v) is 11.9. The van der Waals surface area contributed by atoms with E-state index in [0.29, 0.717) is 21.3 Å². The van der Waals surface area contributed by atoms with Crippen molar-refractivity contribution in [3.8, 4) is 5.75 Å². The molecule has 0 heterocycles. The number of benzene rings is 2. The van der Waals surface area contributed by atoms with E-state index in [1.165, 1.54) is 13.0 Å². The van der Waals surface area contributed by atoms with Gasteiger partial charge in [0.05, 0.1) is 0 Å². The van der Waals surface area contributed by atoms with Crippen LogP contribution in [0.5, 0.6) is 5.75 Å². The second-order valence-electron chi connectivity index (χ2n) is 4.10. The van der Waals surface area contributed by atoms with E-state index in [1.54, 1.807) is 36.4 Å². The Balaban J connectivity index is 2.04. The maximum Gasteiger partial charge on any atom is 0.159 e. The third-order valence-corrected chi connectivity index (χ3v) is 3.16. The van der Waals surface area contributed by atoms with E-state index >= 15 is 0 Å². The van der Waals surface area contributed by atoms with Gasteiger partial charge in [-0.05, 0) is 43.3 Å². The highest BCUT2D eigenvalue weighted by atomic mass is 79.9. The van der Waals surface area contributed by atoms with Crippen molar-refractivity contribution in [2.75, 3.05) is 0 Å². The number of Topliss-reactive ketones (excluding diaryl/α,β-unsaturated/α-hetero) is 1. The van der Waals surface area contributed by atoms with Gasteiger partial charge in [0.1, 0.15) is 18.2 Å². The molecule has 0 aliphatic heterocycles. The van der Waals surface area contributed by atoms with E-state index in [-0.39, 0.29) is 18.2 Å². The molecule has 0 N–H and O–H groups in total. The molecule has 2 aromatic rings. The Morgan fingerprint density at radius 3 is 2.47 bits per heavy atom. The van der Waals surface area contributed by atoms with Crippen LogP contribution >= 0.6 is 15.9 Å². The predicted octanol–water partition coefficient (Wildman–Crippen LogP) is 4.37. The van der Waals surface area contributed by atoms with Gasteiger partial charge in [-0.2, -0.15) is 0 Å². The summed E-state index contributed by atoms with van der Waals surface area (Å²) in [5, 5.41) is 0. The minimum Gasteiger partial charge on any atom is -0.489 e. The Hall–Kier alpha value is -1.68. The highest BCUT2D eigenvalue weighted by Gasteiger charge is 2.04. The number of ketones is 1. The molecule has 2 rings (SSSR count). The third kappa shape index (κ3) is 3.64. The predicted molar refractivity (Wildman–Crippen MR) is 74.9 cm³/mol. The van der Waals surface area contributed by atoms with Gasteiger partial charge < -0.3 is 4.74 Å². The average Bonchev–Trinajstić information content (AvgIpc) is 2.38. The molecule has 19 heavy (non-hydrogen) atoms. The maximum absolute atomic E-state index is 13.6. The standard InChI is InChI=1S/C15H12BrFO2/c1-10(18)11-3-6-14(7-4-11)19-9-12-2-5-13(16)8-15(12)17/h2-8H,9H2,1H3. The number of carbonyl (C=O) groups excluding carboxylic acids is 1. The van der Waals surface area contributed by atoms with Gasteiger partial charge in [-0.1, -0.05) is 22.0 Å². The van der Waals surface area contributed by atoms with Gasteiger partial charge in [0.2, 0.25) is 0 Å². The summed E-state index contributed by atoms with van der Waals surface area (Å²) in [5.74, 6) is 0.299. The average molecular weight is 323 g/mol. The lowest BCUT2D eigenvalue weighted by molar-refractivity contribution is 0.101. The normalized spacial score (nSPS) is 10.3. The van der Waals surface area contributed by atoms with Gasteiger partial charge in [0.25, 0.3) is 0 Å². The molecule has 0 unspecified atom stereocenters. The Labute approximate surface area is 119 Å². The Morgan fingerprint density at radius 1 is 1.21 bits per heavy atom. The fourth-order valence-corrected chi connectivity index (χ4v) is 1.92. The molecule has 0 saturated heterocycles. The van der Waals surface area contributed by atoms with E-state index in [0.717, 1.165) is 0 Å². The number of ether oxygens (including phenoxy) is 1. The molecule has 0 saturated carbocycles. The fourth-order valence-electron chi connectivity index (χ4n) is 1.59. The van der Waals surface area contributed by atoms with Crippen LogP contribution in [0.1, 0.15) is 22.8 Å². The van der Waals surface area contributed by atoms with Gasteiger partial charge in [-0.3, -0.25) is 4.79 Å². The smallest absolute Gasteiger partial charge is 0.159 e. The van der Waals surface area contributed by atoms with Crippen LogP contribution in [0.15, 0.2) is 46.9 Å². The second-order valence-corrected chi connectivity index (χ2v) is 5.02. The van der Waals surface area contributed by atoms with Crippen LogP contribution in [0.2, 0.25) is 0 Å². The molecular weight excluding hydrogens is 311 g/mol. The molecule has 98 valence electrons. The first-order valence-electron chi connectivity index (χ1n) is 5.74. The van der Waals surface area contributed by atoms with Crippen LogP contribution in [-0.2, 0) is 6.61 Å². The van der Waals surface area contributed by atoms with Gasteiger partial charge in [-0.25, -0.2) is 4.39 Å². The minimum absolute atomic E-state index is 0.00510. The summed E-state index contributed by atoms with van der Waals surface area (Å²) >= 11 is 3.20. The number of halogens is 2. The van der Waals surface area contributed by atoms with Crippen LogP contribution in [0.4, 0.5) is 4.39 Å². The molecule has 0 aliphatic carbocycles. The molecule has 0 spiro atoms. The SMILES string of the molecule is CC(=O)c1ccc(OCc2ccc(Br)cc2F)cc1. The maximum atomic E-state index is 13.6. The van der Waals surface area contributed by atoms with E-state index < -0.39 is 0 Å². The van der Waals surface area contributed by atoms with Gasteiger partial charge in [0.15, 0.2) is 5.78 Å². The number of hydrogen-bond donors (Lipinski definition) is 0. The summed E-state index contributed by atoms with van der Waals surface area (Å²) < 4.78 is 19.7. The van der Waals surface area contributed by atoms with Crippen molar-refractivity contribution >= 4 is 21.7 Å². The summed E-state index contributed by atoms with van der Waals surface area (Å²) in [5.41, 5.74) is 1.11. The molecule has 0 radical (unpaired) electrons. The lowest BCUT2D eigenvalue weighted by atomic mass is 10.1. The van der Waals surface area contributed by atoms with Crippen LogP contribution < -0.4 is 4.74 Å². The topological polar surface area (TPSA) is 26.3 Å². The van der Waals surface area contributed by atoms with Crippen LogP contribution in [0.3, 0.4) is 0 Å². The van der Waals surface area contributed by atoms with Gasteiger partial charge in [0, 0.05) is 15.6 Å². The van der Waals surface area contributed by atoms with Crippen molar-refractivity contribution in [1.82, 2.24) is 0 Å². The molecule has 0 aromatic heterocycles. The van der Waals surface area contributed by atoms with Crippen molar-refractivity contribution in [2.45, 2.75) is 13.5 Å². The molecule has 0 atom stereocenters. The molecule has 0 amide bonds. The fraction of sp³-hybridized carbons (Fsp3) is 0.133. The van der Waals surface area contributed by atoms with Crippen LogP contribution in [0.25, 0.3) is 0 Å². The first kappa shape index (κ1) is 13.7. The number of rotatable bonds is 4. The molecular formula is C15H12BrFO2. The molecule has 0 aliphatic rings. The highest BCUT2D eigenvalue weighted by molar-refractivity contribution is 9.10. The highest BCUT2D eigenvalue weighted by Crippen LogP contribution is 2.18. The van der Waals surface area contributed by atoms with Crippen molar-refractivity contribution in [3.63, 3.8) is 0 Å². The van der Waals surface area contributed by atoms with Crippen molar-refractivity contribution in [1.29, 1.82) is 0 Å². The zero-order valence-electron chi connectivity index (χ0n) is 10.3. The summed E-state index contributed by atoms with van der Waals surface area (Å²) in [6.07, 6.45) is 0.